The van der Waals surface area contributed by atoms with Gasteiger partial charge in [-0.25, -0.2) is 4.98 Å². The summed E-state index contributed by atoms with van der Waals surface area (Å²) in [6, 6.07) is 1.87. The number of hydrogen-bond acceptors (Lipinski definition) is 3. The molecule has 1 aliphatic heterocycles. The topological polar surface area (TPSA) is 31.4 Å². The lowest BCUT2D eigenvalue weighted by Gasteiger charge is -2.24. The average molecular weight is 356 g/mol. The summed E-state index contributed by atoms with van der Waals surface area (Å²) in [7, 11) is 0. The molecule has 2 heterocycles. The van der Waals surface area contributed by atoms with Crippen molar-refractivity contribution in [3.8, 4) is 11.5 Å². The summed E-state index contributed by atoms with van der Waals surface area (Å²) in [6.07, 6.45) is 0.0886. The molecule has 0 saturated carbocycles. The molecule has 0 N–H and O–H groups in total. The van der Waals surface area contributed by atoms with Crippen LogP contribution in [0.5, 0.6) is 11.5 Å². The maximum absolute atomic E-state index is 5.58. The van der Waals surface area contributed by atoms with Crippen LogP contribution in [-0.2, 0) is 0 Å². The zero-order valence-electron chi connectivity index (χ0n) is 6.88. The predicted octanol–water partition coefficient (Wildman–Crippen LogP) is 2.61. The first-order valence-corrected chi connectivity index (χ1v) is 5.69. The first-order valence-electron chi connectivity index (χ1n) is 3.82. The Hall–Kier alpha value is -0.0400. The number of ether oxygens (including phenoxy) is 2. The fourth-order valence-electron chi connectivity index (χ4n) is 1.11. The van der Waals surface area contributed by atoms with E-state index in [-0.39, 0.29) is 6.10 Å². The Bertz CT molecular complexity index is 345. The van der Waals surface area contributed by atoms with Crippen molar-refractivity contribution in [1.82, 2.24) is 4.98 Å². The van der Waals surface area contributed by atoms with Crippen molar-refractivity contribution in [2.45, 2.75) is 13.0 Å². The summed E-state index contributed by atoms with van der Waals surface area (Å²) in [5, 5.41) is 0. The largest absolute Gasteiger partial charge is 0.486 e. The Labute approximate surface area is 98.1 Å². The molecule has 0 saturated heterocycles. The van der Waals surface area contributed by atoms with Crippen LogP contribution in [0.4, 0.5) is 0 Å². The predicted molar refractivity (Wildman–Crippen MR) is 60.2 cm³/mol. The van der Waals surface area contributed by atoms with E-state index in [9.17, 15) is 0 Å². The average Bonchev–Trinajstić information content (AvgIpc) is 2.06. The van der Waals surface area contributed by atoms with Crippen LogP contribution in [0.3, 0.4) is 0 Å². The maximum atomic E-state index is 5.58. The Morgan fingerprint density at radius 1 is 1.69 bits per heavy atom. The summed E-state index contributed by atoms with van der Waals surface area (Å²) in [5.41, 5.74) is 0. The zero-order valence-corrected chi connectivity index (χ0v) is 10.6. The molecule has 0 fully saturated rings. The van der Waals surface area contributed by atoms with Gasteiger partial charge in [0.25, 0.3) is 0 Å². The van der Waals surface area contributed by atoms with Gasteiger partial charge >= 0.3 is 0 Å². The number of fused-ring (bicyclic) bond motifs is 1. The third-order valence-electron chi connectivity index (χ3n) is 1.66. The molecular formula is C8H7BrINO2. The first-order chi connectivity index (χ1) is 6.16. The highest BCUT2D eigenvalue weighted by Crippen LogP contribution is 2.38. The highest BCUT2D eigenvalue weighted by molar-refractivity contribution is 14.1. The summed E-state index contributed by atoms with van der Waals surface area (Å²) in [4.78, 5) is 4.22. The van der Waals surface area contributed by atoms with E-state index >= 15 is 0 Å². The van der Waals surface area contributed by atoms with Gasteiger partial charge in [0.05, 0.1) is 0 Å². The lowest BCUT2D eigenvalue weighted by molar-refractivity contribution is 0.102. The molecule has 0 aromatic carbocycles. The van der Waals surface area contributed by atoms with Gasteiger partial charge in [0.1, 0.15) is 16.4 Å². The van der Waals surface area contributed by atoms with Gasteiger partial charge in [0.15, 0.2) is 16.1 Å². The fourth-order valence-corrected chi connectivity index (χ4v) is 2.44. The molecule has 0 bridgehead atoms. The van der Waals surface area contributed by atoms with Gasteiger partial charge in [0, 0.05) is 6.07 Å². The minimum atomic E-state index is 0.0886. The number of nitrogens with zero attached hydrogens (tertiary/aromatic N) is 1. The van der Waals surface area contributed by atoms with Crippen LogP contribution in [0, 0.1) is 3.70 Å². The van der Waals surface area contributed by atoms with Gasteiger partial charge in [-0.3, -0.25) is 0 Å². The minimum Gasteiger partial charge on any atom is -0.486 e. The van der Waals surface area contributed by atoms with Crippen LogP contribution in [0.2, 0.25) is 0 Å². The second-order valence-corrected chi connectivity index (χ2v) is 4.66. The van der Waals surface area contributed by atoms with Crippen LogP contribution in [-0.4, -0.2) is 17.7 Å². The summed E-state index contributed by atoms with van der Waals surface area (Å²) < 4.78 is 12.7. The molecular weight excluding hydrogens is 349 g/mol. The third-order valence-corrected chi connectivity index (χ3v) is 2.75. The highest BCUT2D eigenvalue weighted by atomic mass is 127. The molecule has 0 aliphatic carbocycles. The van der Waals surface area contributed by atoms with Crippen LogP contribution in [0.15, 0.2) is 10.7 Å². The summed E-state index contributed by atoms with van der Waals surface area (Å²) >= 11 is 5.48. The van der Waals surface area contributed by atoms with Gasteiger partial charge in [-0.15, -0.1) is 0 Å². The molecule has 13 heavy (non-hydrogen) atoms. The summed E-state index contributed by atoms with van der Waals surface area (Å²) in [5.74, 6) is 1.48. The van der Waals surface area contributed by atoms with Crippen molar-refractivity contribution >= 4 is 38.5 Å². The fraction of sp³-hybridized carbons (Fsp3) is 0.375. The Morgan fingerprint density at radius 3 is 3.23 bits per heavy atom. The van der Waals surface area contributed by atoms with E-state index in [1.54, 1.807) is 0 Å². The van der Waals surface area contributed by atoms with E-state index in [0.717, 1.165) is 9.45 Å². The van der Waals surface area contributed by atoms with E-state index in [4.69, 9.17) is 9.47 Å². The maximum Gasteiger partial charge on any atom is 0.194 e. The van der Waals surface area contributed by atoms with Gasteiger partial charge in [-0.1, -0.05) is 0 Å². The molecule has 1 aliphatic rings. The molecule has 2 rings (SSSR count). The smallest absolute Gasteiger partial charge is 0.194 e. The molecule has 1 unspecified atom stereocenters. The third kappa shape index (κ3) is 1.90. The van der Waals surface area contributed by atoms with Crippen molar-refractivity contribution in [2.75, 3.05) is 6.61 Å². The highest BCUT2D eigenvalue weighted by Gasteiger charge is 2.21. The first kappa shape index (κ1) is 9.51. The minimum absolute atomic E-state index is 0.0886. The van der Waals surface area contributed by atoms with Crippen molar-refractivity contribution in [3.63, 3.8) is 0 Å². The monoisotopic (exact) mass is 355 g/mol. The molecule has 0 amide bonds. The number of aromatic nitrogens is 1. The SMILES string of the molecule is CC1COc2cc(I)nc(Br)c2O1. The standard InChI is InChI=1S/C8H7BrINO2/c1-4-3-12-5-2-6(10)11-8(9)7(5)13-4/h2,4H,3H2,1H3. The Morgan fingerprint density at radius 2 is 2.46 bits per heavy atom. The van der Waals surface area contributed by atoms with Gasteiger partial charge in [-0.2, -0.15) is 0 Å². The van der Waals surface area contributed by atoms with Crippen molar-refractivity contribution in [3.05, 3.63) is 14.4 Å². The zero-order chi connectivity index (χ0) is 9.42. The van der Waals surface area contributed by atoms with Crippen molar-refractivity contribution in [2.24, 2.45) is 0 Å². The van der Waals surface area contributed by atoms with Gasteiger partial charge < -0.3 is 9.47 Å². The number of pyridine rings is 1. The molecule has 5 heteroatoms. The van der Waals surface area contributed by atoms with Crippen molar-refractivity contribution in [1.29, 1.82) is 0 Å². The normalized spacial score (nSPS) is 20.1. The second kappa shape index (κ2) is 3.61. The number of halogens is 2. The van der Waals surface area contributed by atoms with Crippen LogP contribution in [0.1, 0.15) is 6.92 Å². The van der Waals surface area contributed by atoms with E-state index < -0.39 is 0 Å². The lowest BCUT2D eigenvalue weighted by Crippen LogP contribution is -2.26. The van der Waals surface area contributed by atoms with E-state index in [0.29, 0.717) is 17.0 Å². The summed E-state index contributed by atoms with van der Waals surface area (Å²) in [6.45, 7) is 2.56. The molecule has 70 valence electrons. The second-order valence-electron chi connectivity index (χ2n) is 2.80. The Balaban J connectivity index is 2.47. The lowest BCUT2D eigenvalue weighted by atomic mass is 10.3. The molecule has 3 nitrogen and oxygen atoms in total. The van der Waals surface area contributed by atoms with Gasteiger partial charge in [-0.05, 0) is 45.4 Å². The van der Waals surface area contributed by atoms with Crippen molar-refractivity contribution < 1.29 is 9.47 Å². The van der Waals surface area contributed by atoms with Crippen LogP contribution >= 0.6 is 38.5 Å². The van der Waals surface area contributed by atoms with E-state index in [1.165, 1.54) is 0 Å². The van der Waals surface area contributed by atoms with E-state index in [2.05, 4.69) is 43.5 Å². The molecule has 1 aromatic heterocycles. The van der Waals surface area contributed by atoms with Crippen LogP contribution < -0.4 is 9.47 Å². The number of hydrogen-bond donors (Lipinski definition) is 0. The molecule has 0 spiro atoms. The Kier molecular flexibility index (Phi) is 2.64. The quantitative estimate of drug-likeness (QED) is 0.529. The molecule has 0 radical (unpaired) electrons. The van der Waals surface area contributed by atoms with Crippen LogP contribution in [0.25, 0.3) is 0 Å². The van der Waals surface area contributed by atoms with Gasteiger partial charge in [0.2, 0.25) is 0 Å². The molecule has 1 aromatic rings. The molecule has 1 atom stereocenters. The number of rotatable bonds is 0. The van der Waals surface area contributed by atoms with E-state index in [1.807, 2.05) is 13.0 Å².